The van der Waals surface area contributed by atoms with Crippen LogP contribution in [0, 0.1) is 0 Å². The third-order valence-corrected chi connectivity index (χ3v) is 4.32. The topological polar surface area (TPSA) is 132 Å². The number of benzene rings is 1. The number of nitrogens with one attached hydrogen (secondary N) is 1. The second-order valence-corrected chi connectivity index (χ2v) is 5.56. The van der Waals surface area contributed by atoms with Gasteiger partial charge in [-0.2, -0.15) is 0 Å². The van der Waals surface area contributed by atoms with Crippen LogP contribution in [-0.4, -0.2) is 31.1 Å². The van der Waals surface area contributed by atoms with Crippen LogP contribution in [0.3, 0.4) is 0 Å². The minimum absolute atomic E-state index is 0.0278. The summed E-state index contributed by atoms with van der Waals surface area (Å²) in [6.07, 6.45) is 0. The largest absolute Gasteiger partial charge is 0.497 e. The van der Waals surface area contributed by atoms with E-state index in [2.05, 4.69) is 10.4 Å². The molecule has 0 saturated heterocycles. The molecule has 128 valence electrons. The van der Waals surface area contributed by atoms with Crippen molar-refractivity contribution in [1.82, 2.24) is 5.43 Å². The lowest BCUT2D eigenvalue weighted by Gasteiger charge is -2.10. The van der Waals surface area contributed by atoms with E-state index in [1.54, 1.807) is 26.4 Å². The number of ether oxygens (including phenoxy) is 2. The molecule has 24 heavy (non-hydrogen) atoms. The smallest absolute Gasteiger partial charge is 0.338 e. The first-order valence-corrected chi connectivity index (χ1v) is 7.72. The van der Waals surface area contributed by atoms with E-state index in [0.29, 0.717) is 22.2 Å². The summed E-state index contributed by atoms with van der Waals surface area (Å²) in [6, 6.07) is 5.38. The monoisotopic (exact) mass is 350 g/mol. The number of methoxy groups -OCH3 is 2. The molecule has 0 radical (unpaired) electrons. The van der Waals surface area contributed by atoms with Crippen LogP contribution in [0.5, 0.6) is 11.5 Å². The van der Waals surface area contributed by atoms with Gasteiger partial charge in [-0.15, -0.1) is 11.3 Å². The number of hydrogen-bond acceptors (Lipinski definition) is 7. The Bertz CT molecular complexity index is 773. The molecule has 2 rings (SSSR count). The number of nitrogens with zero attached hydrogens (tertiary/aromatic N) is 1. The summed E-state index contributed by atoms with van der Waals surface area (Å²) in [7, 11) is 3.13. The SMILES string of the molecule is COc1ccc(CN=C(NN)c2scc(C(=O)O)c2N)c(OC)c1. The molecule has 0 aliphatic heterocycles. The van der Waals surface area contributed by atoms with Crippen LogP contribution >= 0.6 is 11.3 Å². The molecule has 6 N–H and O–H groups in total. The van der Waals surface area contributed by atoms with E-state index in [1.165, 1.54) is 5.38 Å². The van der Waals surface area contributed by atoms with E-state index in [4.69, 9.17) is 26.2 Å². The molecule has 1 aromatic heterocycles. The Kier molecular flexibility index (Phi) is 5.61. The molecule has 0 amide bonds. The zero-order valence-corrected chi connectivity index (χ0v) is 14.0. The molecule has 0 unspecified atom stereocenters. The van der Waals surface area contributed by atoms with Crippen LogP contribution in [0.15, 0.2) is 28.6 Å². The van der Waals surface area contributed by atoms with Gasteiger partial charge in [0.15, 0.2) is 5.84 Å². The average molecular weight is 350 g/mol. The molecule has 0 bridgehead atoms. The zero-order valence-electron chi connectivity index (χ0n) is 13.2. The van der Waals surface area contributed by atoms with Crippen molar-refractivity contribution >= 4 is 28.8 Å². The first-order valence-electron chi connectivity index (χ1n) is 6.84. The number of hydrazine groups is 1. The highest BCUT2D eigenvalue weighted by Crippen LogP contribution is 2.27. The molecule has 2 aromatic rings. The van der Waals surface area contributed by atoms with Gasteiger partial charge in [0.25, 0.3) is 0 Å². The number of hydrogen-bond donors (Lipinski definition) is 4. The van der Waals surface area contributed by atoms with E-state index in [-0.39, 0.29) is 17.8 Å². The molecule has 8 nitrogen and oxygen atoms in total. The fourth-order valence-corrected chi connectivity index (χ4v) is 2.98. The summed E-state index contributed by atoms with van der Waals surface area (Å²) in [5, 5.41) is 10.5. The Labute approximate surface area is 142 Å². The lowest BCUT2D eigenvalue weighted by Crippen LogP contribution is -2.31. The van der Waals surface area contributed by atoms with E-state index in [9.17, 15) is 4.79 Å². The summed E-state index contributed by atoms with van der Waals surface area (Å²) < 4.78 is 10.5. The van der Waals surface area contributed by atoms with Gasteiger partial charge >= 0.3 is 5.97 Å². The van der Waals surface area contributed by atoms with E-state index in [1.807, 2.05) is 6.07 Å². The summed E-state index contributed by atoms with van der Waals surface area (Å²) in [5.41, 5.74) is 9.30. The van der Waals surface area contributed by atoms with Crippen LogP contribution in [0.4, 0.5) is 5.69 Å². The Morgan fingerprint density at radius 2 is 2.12 bits per heavy atom. The summed E-state index contributed by atoms with van der Waals surface area (Å²) in [4.78, 5) is 15.9. The fraction of sp³-hybridized carbons (Fsp3) is 0.200. The summed E-state index contributed by atoms with van der Waals surface area (Å²) in [5.74, 6) is 6.02. The van der Waals surface area contributed by atoms with Crippen LogP contribution in [0.1, 0.15) is 20.8 Å². The van der Waals surface area contributed by atoms with Crippen molar-refractivity contribution in [3.05, 3.63) is 39.6 Å². The number of carboxylic acid groups (broad SMARTS) is 1. The molecule has 1 heterocycles. The molecule has 9 heteroatoms. The Morgan fingerprint density at radius 3 is 2.67 bits per heavy atom. The Balaban J connectivity index is 2.31. The summed E-state index contributed by atoms with van der Waals surface area (Å²) in [6.45, 7) is 0.270. The van der Waals surface area contributed by atoms with Crippen LogP contribution in [0.2, 0.25) is 0 Å². The third-order valence-electron chi connectivity index (χ3n) is 3.31. The number of nitrogen functional groups attached to an aromatic ring is 1. The van der Waals surface area contributed by atoms with Crippen molar-refractivity contribution in [2.24, 2.45) is 10.8 Å². The number of nitrogens with two attached hydrogens (primary N) is 2. The van der Waals surface area contributed by atoms with Crippen LogP contribution in [-0.2, 0) is 6.54 Å². The van der Waals surface area contributed by atoms with Crippen molar-refractivity contribution in [3.8, 4) is 11.5 Å². The molecule has 0 saturated carbocycles. The lowest BCUT2D eigenvalue weighted by atomic mass is 10.2. The standard InChI is InChI=1S/C15H18N4O4S/c1-22-9-4-3-8(11(5-9)23-2)6-18-14(19-17)13-12(16)10(7-24-13)15(20)21/h3-5,7H,6,16-17H2,1-2H3,(H,18,19)(H,20,21). The number of aliphatic imine (C=N–C) groups is 1. The molecule has 1 aromatic carbocycles. The highest BCUT2D eigenvalue weighted by Gasteiger charge is 2.18. The van der Waals surface area contributed by atoms with E-state index < -0.39 is 5.97 Å². The van der Waals surface area contributed by atoms with E-state index in [0.717, 1.165) is 16.9 Å². The maximum atomic E-state index is 11.1. The maximum absolute atomic E-state index is 11.1. The highest BCUT2D eigenvalue weighted by atomic mass is 32.1. The minimum Gasteiger partial charge on any atom is -0.497 e. The van der Waals surface area contributed by atoms with E-state index >= 15 is 0 Å². The number of rotatable bonds is 6. The molecular formula is C15H18N4O4S. The van der Waals surface area contributed by atoms with Gasteiger partial charge in [0.2, 0.25) is 0 Å². The minimum atomic E-state index is -1.09. The second-order valence-electron chi connectivity index (χ2n) is 4.68. The fourth-order valence-electron chi connectivity index (χ4n) is 2.05. The van der Waals surface area contributed by atoms with Crippen molar-refractivity contribution in [2.75, 3.05) is 20.0 Å². The molecule has 0 aliphatic carbocycles. The lowest BCUT2D eigenvalue weighted by molar-refractivity contribution is 0.0698. The van der Waals surface area contributed by atoms with Crippen LogP contribution in [0.25, 0.3) is 0 Å². The number of amidine groups is 1. The average Bonchev–Trinajstić information content (AvgIpc) is 2.97. The Hall–Kier alpha value is -2.78. The number of aromatic carboxylic acids is 1. The Morgan fingerprint density at radius 1 is 1.38 bits per heavy atom. The van der Waals surface area contributed by atoms with Gasteiger partial charge in [-0.3, -0.25) is 4.99 Å². The first kappa shape index (κ1) is 17.6. The zero-order chi connectivity index (χ0) is 17.7. The highest BCUT2D eigenvalue weighted by molar-refractivity contribution is 7.13. The van der Waals surface area contributed by atoms with Gasteiger partial charge in [0.1, 0.15) is 11.5 Å². The predicted octanol–water partition coefficient (Wildman–Crippen LogP) is 1.46. The van der Waals surface area contributed by atoms with Gasteiger partial charge in [-0.05, 0) is 12.1 Å². The van der Waals surface area contributed by atoms with Gasteiger partial charge < -0.3 is 25.7 Å². The van der Waals surface area contributed by atoms with Gasteiger partial charge in [0.05, 0.1) is 36.9 Å². The van der Waals surface area contributed by atoms with Gasteiger partial charge in [0, 0.05) is 17.0 Å². The van der Waals surface area contributed by atoms with Crippen molar-refractivity contribution in [3.63, 3.8) is 0 Å². The van der Waals surface area contributed by atoms with Crippen LogP contribution < -0.4 is 26.5 Å². The van der Waals surface area contributed by atoms with Crippen molar-refractivity contribution in [2.45, 2.75) is 6.54 Å². The summed E-state index contributed by atoms with van der Waals surface area (Å²) >= 11 is 1.16. The number of thiophene rings is 1. The number of carbonyl (C=O) groups is 1. The normalized spacial score (nSPS) is 11.2. The molecule has 0 atom stereocenters. The third kappa shape index (κ3) is 3.58. The molecular weight excluding hydrogens is 332 g/mol. The molecule has 0 fully saturated rings. The number of anilines is 1. The van der Waals surface area contributed by atoms with Crippen molar-refractivity contribution in [1.29, 1.82) is 0 Å². The molecule has 0 spiro atoms. The predicted molar refractivity (Wildman–Crippen MR) is 92.8 cm³/mol. The quantitative estimate of drug-likeness (QED) is 0.268. The van der Waals surface area contributed by atoms with Gasteiger partial charge in [-0.1, -0.05) is 0 Å². The van der Waals surface area contributed by atoms with Gasteiger partial charge in [-0.25, -0.2) is 10.6 Å². The number of carboxylic acids is 1. The maximum Gasteiger partial charge on any atom is 0.338 e. The second kappa shape index (κ2) is 7.66. The molecule has 0 aliphatic rings. The van der Waals surface area contributed by atoms with Crippen molar-refractivity contribution < 1.29 is 19.4 Å². The first-order chi connectivity index (χ1) is 11.5.